The second-order valence-corrected chi connectivity index (χ2v) is 6.05. The van der Waals surface area contributed by atoms with Crippen molar-refractivity contribution in [3.05, 3.63) is 34.9 Å². The molecule has 0 aliphatic heterocycles. The Morgan fingerprint density at radius 2 is 1.68 bits per heavy atom. The molecule has 0 saturated carbocycles. The van der Waals surface area contributed by atoms with Crippen LogP contribution in [0, 0.1) is 0 Å². The number of hydrogen-bond acceptors (Lipinski definition) is 1. The van der Waals surface area contributed by atoms with E-state index in [4.69, 9.17) is 0 Å². The summed E-state index contributed by atoms with van der Waals surface area (Å²) in [4.78, 5) is 14.8. The number of nitrogens with zero attached hydrogens (tertiary/aromatic N) is 1. The van der Waals surface area contributed by atoms with Crippen LogP contribution in [0.3, 0.4) is 0 Å². The lowest BCUT2D eigenvalue weighted by Gasteiger charge is -2.32. The topological polar surface area (TPSA) is 20.3 Å². The molecule has 0 saturated heterocycles. The molecule has 1 aromatic carbocycles. The van der Waals surface area contributed by atoms with Gasteiger partial charge < -0.3 is 4.90 Å². The van der Waals surface area contributed by atoms with Crippen molar-refractivity contribution in [2.45, 2.75) is 65.5 Å². The van der Waals surface area contributed by atoms with Gasteiger partial charge in [0.05, 0.1) is 0 Å². The van der Waals surface area contributed by atoms with Crippen LogP contribution in [-0.2, 0) is 12.8 Å². The highest BCUT2D eigenvalue weighted by atomic mass is 16.2. The van der Waals surface area contributed by atoms with E-state index < -0.39 is 0 Å². The lowest BCUT2D eigenvalue weighted by molar-refractivity contribution is 0.0642. The molecule has 2 heteroatoms. The number of hydrogen-bond donors (Lipinski definition) is 0. The number of carbonyl (C=O) groups is 1. The fourth-order valence-corrected chi connectivity index (χ4v) is 3.19. The maximum absolute atomic E-state index is 12.8. The summed E-state index contributed by atoms with van der Waals surface area (Å²) in [6.07, 6.45) is 4.64. The highest BCUT2D eigenvalue weighted by Crippen LogP contribution is 2.26. The fraction of sp³-hybridized carbons (Fsp3) is 0.588. The smallest absolute Gasteiger partial charge is 0.254 e. The van der Waals surface area contributed by atoms with E-state index in [0.717, 1.165) is 18.4 Å². The number of rotatable bonds is 3. The number of carbonyl (C=O) groups excluding carboxylic acids is 1. The highest BCUT2D eigenvalue weighted by Gasteiger charge is 2.25. The molecule has 0 spiro atoms. The van der Waals surface area contributed by atoms with Gasteiger partial charge in [0.1, 0.15) is 0 Å². The van der Waals surface area contributed by atoms with Crippen LogP contribution in [0.2, 0.25) is 0 Å². The minimum absolute atomic E-state index is 0.198. The van der Waals surface area contributed by atoms with Gasteiger partial charge in [0, 0.05) is 17.6 Å². The summed E-state index contributed by atoms with van der Waals surface area (Å²) >= 11 is 0. The first-order valence-electron chi connectivity index (χ1n) is 7.45. The third-order valence-electron chi connectivity index (χ3n) is 3.97. The predicted molar refractivity (Wildman–Crippen MR) is 79.5 cm³/mol. The van der Waals surface area contributed by atoms with Crippen molar-refractivity contribution in [1.29, 1.82) is 0 Å². The number of benzene rings is 1. The van der Waals surface area contributed by atoms with Crippen LogP contribution in [0.5, 0.6) is 0 Å². The molecule has 1 aromatic rings. The quantitative estimate of drug-likeness (QED) is 0.808. The SMILES string of the molecule is CC(C)N(C(=O)c1cccc2c1CCCC2)C(C)C. The first kappa shape index (κ1) is 14.1. The molecule has 0 N–H and O–H groups in total. The van der Waals surface area contributed by atoms with Crippen LogP contribution in [0.25, 0.3) is 0 Å². The van der Waals surface area contributed by atoms with E-state index in [2.05, 4.69) is 33.8 Å². The Morgan fingerprint density at radius 3 is 2.32 bits per heavy atom. The molecule has 0 bridgehead atoms. The molecular weight excluding hydrogens is 234 g/mol. The zero-order valence-corrected chi connectivity index (χ0v) is 12.6. The van der Waals surface area contributed by atoms with Crippen LogP contribution >= 0.6 is 0 Å². The fourth-order valence-electron chi connectivity index (χ4n) is 3.19. The maximum atomic E-state index is 12.8. The van der Waals surface area contributed by atoms with Crippen molar-refractivity contribution >= 4 is 5.91 Å². The molecule has 19 heavy (non-hydrogen) atoms. The molecule has 0 unspecified atom stereocenters. The van der Waals surface area contributed by atoms with Gasteiger partial charge in [-0.3, -0.25) is 4.79 Å². The van der Waals surface area contributed by atoms with E-state index in [1.165, 1.54) is 24.0 Å². The Hall–Kier alpha value is -1.31. The molecule has 0 atom stereocenters. The Bertz CT molecular complexity index is 454. The van der Waals surface area contributed by atoms with E-state index in [0.29, 0.717) is 0 Å². The lowest BCUT2D eigenvalue weighted by Crippen LogP contribution is -2.42. The summed E-state index contributed by atoms with van der Waals surface area (Å²) in [6.45, 7) is 8.36. The van der Waals surface area contributed by atoms with E-state index in [1.54, 1.807) is 0 Å². The monoisotopic (exact) mass is 259 g/mol. The minimum atomic E-state index is 0.198. The van der Waals surface area contributed by atoms with Crippen molar-refractivity contribution in [1.82, 2.24) is 4.90 Å². The molecule has 104 valence electrons. The summed E-state index contributed by atoms with van der Waals surface area (Å²) < 4.78 is 0. The van der Waals surface area contributed by atoms with Crippen LogP contribution in [0.4, 0.5) is 0 Å². The average Bonchev–Trinajstić information content (AvgIpc) is 2.37. The van der Waals surface area contributed by atoms with E-state index in [1.807, 2.05) is 17.0 Å². The summed E-state index contributed by atoms with van der Waals surface area (Å²) in [5.74, 6) is 0.198. The molecular formula is C17H25NO. The van der Waals surface area contributed by atoms with Crippen molar-refractivity contribution in [2.24, 2.45) is 0 Å². The first-order chi connectivity index (χ1) is 9.02. The average molecular weight is 259 g/mol. The largest absolute Gasteiger partial charge is 0.334 e. The molecule has 2 nitrogen and oxygen atoms in total. The highest BCUT2D eigenvalue weighted by molar-refractivity contribution is 5.96. The Balaban J connectivity index is 2.38. The van der Waals surface area contributed by atoms with Crippen molar-refractivity contribution in [2.75, 3.05) is 0 Å². The lowest BCUT2D eigenvalue weighted by atomic mass is 9.87. The Morgan fingerprint density at radius 1 is 1.05 bits per heavy atom. The third-order valence-corrected chi connectivity index (χ3v) is 3.97. The van der Waals surface area contributed by atoms with Crippen LogP contribution in [0.1, 0.15) is 62.0 Å². The van der Waals surface area contributed by atoms with Gasteiger partial charge >= 0.3 is 0 Å². The summed E-state index contributed by atoms with van der Waals surface area (Å²) in [5, 5.41) is 0. The van der Waals surface area contributed by atoms with Gasteiger partial charge in [-0.25, -0.2) is 0 Å². The first-order valence-corrected chi connectivity index (χ1v) is 7.45. The molecule has 0 radical (unpaired) electrons. The van der Waals surface area contributed by atoms with Crippen LogP contribution < -0.4 is 0 Å². The zero-order valence-electron chi connectivity index (χ0n) is 12.6. The van der Waals surface area contributed by atoms with Crippen molar-refractivity contribution in [3.8, 4) is 0 Å². The summed E-state index contributed by atoms with van der Waals surface area (Å²) in [5.41, 5.74) is 3.61. The number of aryl methyl sites for hydroxylation is 1. The maximum Gasteiger partial charge on any atom is 0.254 e. The molecule has 0 fully saturated rings. The normalized spacial score (nSPS) is 14.6. The van der Waals surface area contributed by atoms with E-state index in [-0.39, 0.29) is 18.0 Å². The van der Waals surface area contributed by atoms with Gasteiger partial charge in [-0.1, -0.05) is 12.1 Å². The summed E-state index contributed by atoms with van der Waals surface area (Å²) in [6, 6.07) is 6.71. The standard InChI is InChI=1S/C17H25NO/c1-12(2)18(13(3)4)17(19)16-11-7-9-14-8-5-6-10-15(14)16/h7,9,11-13H,5-6,8,10H2,1-4H3. The third kappa shape index (κ3) is 2.83. The molecule has 0 heterocycles. The number of amides is 1. The Kier molecular flexibility index (Phi) is 4.28. The number of fused-ring (bicyclic) bond motifs is 1. The van der Waals surface area contributed by atoms with Gasteiger partial charge in [0.15, 0.2) is 0 Å². The molecule has 0 aromatic heterocycles. The van der Waals surface area contributed by atoms with Gasteiger partial charge in [-0.05, 0) is 70.6 Å². The van der Waals surface area contributed by atoms with Crippen molar-refractivity contribution < 1.29 is 4.79 Å². The van der Waals surface area contributed by atoms with Crippen LogP contribution in [0.15, 0.2) is 18.2 Å². The molecule has 1 aliphatic rings. The van der Waals surface area contributed by atoms with E-state index >= 15 is 0 Å². The second-order valence-electron chi connectivity index (χ2n) is 6.05. The second kappa shape index (κ2) is 5.77. The van der Waals surface area contributed by atoms with Gasteiger partial charge in [0.2, 0.25) is 0 Å². The summed E-state index contributed by atoms with van der Waals surface area (Å²) in [7, 11) is 0. The minimum Gasteiger partial charge on any atom is -0.334 e. The Labute approximate surface area is 116 Å². The van der Waals surface area contributed by atoms with Gasteiger partial charge in [-0.15, -0.1) is 0 Å². The molecule has 2 rings (SSSR count). The van der Waals surface area contributed by atoms with Crippen molar-refractivity contribution in [3.63, 3.8) is 0 Å². The van der Waals surface area contributed by atoms with E-state index in [9.17, 15) is 4.79 Å². The predicted octanol–water partition coefficient (Wildman–Crippen LogP) is 3.82. The van der Waals surface area contributed by atoms with Crippen LogP contribution in [-0.4, -0.2) is 22.9 Å². The van der Waals surface area contributed by atoms with Gasteiger partial charge in [-0.2, -0.15) is 0 Å². The zero-order chi connectivity index (χ0) is 14.0. The molecule has 1 amide bonds. The molecule has 1 aliphatic carbocycles. The van der Waals surface area contributed by atoms with Gasteiger partial charge in [0.25, 0.3) is 5.91 Å².